The lowest BCUT2D eigenvalue weighted by Crippen LogP contribution is -2.33. The summed E-state index contributed by atoms with van der Waals surface area (Å²) in [7, 11) is 0. The van der Waals surface area contributed by atoms with E-state index in [0.29, 0.717) is 0 Å². The van der Waals surface area contributed by atoms with Gasteiger partial charge in [-0.05, 0) is 50.0 Å². The number of hydrogen-bond acceptors (Lipinski definition) is 2. The van der Waals surface area contributed by atoms with Gasteiger partial charge >= 0.3 is 0 Å². The molecule has 1 aliphatic heterocycles. The molecule has 98 valence electrons. The van der Waals surface area contributed by atoms with E-state index in [0.717, 1.165) is 25.1 Å². The van der Waals surface area contributed by atoms with Crippen LogP contribution in [0.4, 0.5) is 0 Å². The molecule has 0 aliphatic carbocycles. The summed E-state index contributed by atoms with van der Waals surface area (Å²) >= 11 is 0. The predicted octanol–water partition coefficient (Wildman–Crippen LogP) is 2.07. The standard InChI is InChI=1S/C15H22N2O/c1-2-13-6-5-7-14(12-13)15(18)16-8-11-17-9-3-4-10-17/h5-7,12H,2-4,8-11H2,1H3,(H,16,18). The van der Waals surface area contributed by atoms with Crippen LogP contribution in [-0.4, -0.2) is 37.0 Å². The molecule has 1 N–H and O–H groups in total. The molecule has 1 heterocycles. The van der Waals surface area contributed by atoms with Gasteiger partial charge in [-0.2, -0.15) is 0 Å². The molecule has 0 bridgehead atoms. The number of rotatable bonds is 5. The molecule has 1 aromatic carbocycles. The molecule has 0 radical (unpaired) electrons. The smallest absolute Gasteiger partial charge is 0.251 e. The number of nitrogens with one attached hydrogen (secondary N) is 1. The van der Waals surface area contributed by atoms with Crippen molar-refractivity contribution in [1.82, 2.24) is 10.2 Å². The van der Waals surface area contributed by atoms with Crippen LogP contribution in [0.1, 0.15) is 35.7 Å². The summed E-state index contributed by atoms with van der Waals surface area (Å²) in [4.78, 5) is 14.4. The summed E-state index contributed by atoms with van der Waals surface area (Å²) in [6.45, 7) is 6.18. The lowest BCUT2D eigenvalue weighted by Gasteiger charge is -2.14. The number of likely N-dealkylation sites (tertiary alicyclic amines) is 1. The zero-order chi connectivity index (χ0) is 12.8. The number of benzene rings is 1. The van der Waals surface area contributed by atoms with Crippen LogP contribution >= 0.6 is 0 Å². The van der Waals surface area contributed by atoms with Crippen LogP contribution in [0.25, 0.3) is 0 Å². The van der Waals surface area contributed by atoms with E-state index in [-0.39, 0.29) is 5.91 Å². The first-order valence-corrected chi connectivity index (χ1v) is 6.89. The molecule has 3 nitrogen and oxygen atoms in total. The van der Waals surface area contributed by atoms with Crippen LogP contribution in [0.2, 0.25) is 0 Å². The molecule has 3 heteroatoms. The van der Waals surface area contributed by atoms with E-state index in [2.05, 4.69) is 23.2 Å². The minimum atomic E-state index is 0.0458. The molecular weight excluding hydrogens is 224 g/mol. The molecule has 0 aromatic heterocycles. The second-order valence-corrected chi connectivity index (χ2v) is 4.86. The van der Waals surface area contributed by atoms with Crippen molar-refractivity contribution in [3.8, 4) is 0 Å². The molecule has 1 aromatic rings. The summed E-state index contributed by atoms with van der Waals surface area (Å²) in [6.07, 6.45) is 3.56. The zero-order valence-electron chi connectivity index (χ0n) is 11.1. The number of carbonyl (C=O) groups excluding carboxylic acids is 1. The molecule has 1 fully saturated rings. The maximum absolute atomic E-state index is 12.0. The van der Waals surface area contributed by atoms with Crippen LogP contribution < -0.4 is 5.32 Å². The maximum Gasteiger partial charge on any atom is 0.251 e. The SMILES string of the molecule is CCc1cccc(C(=O)NCCN2CCCC2)c1. The maximum atomic E-state index is 12.0. The third kappa shape index (κ3) is 3.57. The molecule has 0 atom stereocenters. The zero-order valence-corrected chi connectivity index (χ0v) is 11.1. The summed E-state index contributed by atoms with van der Waals surface area (Å²) in [5, 5.41) is 3.00. The number of amides is 1. The summed E-state index contributed by atoms with van der Waals surface area (Å²) < 4.78 is 0. The van der Waals surface area contributed by atoms with Gasteiger partial charge in [-0.3, -0.25) is 4.79 Å². The molecular formula is C15H22N2O. The molecule has 0 spiro atoms. The van der Waals surface area contributed by atoms with Crippen molar-refractivity contribution in [3.05, 3.63) is 35.4 Å². The van der Waals surface area contributed by atoms with Crippen molar-refractivity contribution in [2.45, 2.75) is 26.2 Å². The summed E-state index contributed by atoms with van der Waals surface area (Å²) in [5.41, 5.74) is 1.98. The van der Waals surface area contributed by atoms with Crippen molar-refractivity contribution in [3.63, 3.8) is 0 Å². The molecule has 0 unspecified atom stereocenters. The van der Waals surface area contributed by atoms with Crippen molar-refractivity contribution < 1.29 is 4.79 Å². The van der Waals surface area contributed by atoms with E-state index in [9.17, 15) is 4.79 Å². The molecule has 18 heavy (non-hydrogen) atoms. The second-order valence-electron chi connectivity index (χ2n) is 4.86. The fraction of sp³-hybridized carbons (Fsp3) is 0.533. The van der Waals surface area contributed by atoms with Crippen LogP contribution in [-0.2, 0) is 6.42 Å². The first kappa shape index (κ1) is 13.1. The van der Waals surface area contributed by atoms with Crippen molar-refractivity contribution >= 4 is 5.91 Å². The Bertz CT molecular complexity index is 397. The average molecular weight is 246 g/mol. The van der Waals surface area contributed by atoms with Crippen molar-refractivity contribution in [2.24, 2.45) is 0 Å². The van der Waals surface area contributed by atoms with Gasteiger partial charge in [0, 0.05) is 18.7 Å². The van der Waals surface area contributed by atoms with Crippen LogP contribution in [0.15, 0.2) is 24.3 Å². The highest BCUT2D eigenvalue weighted by Gasteiger charge is 2.11. The van der Waals surface area contributed by atoms with E-state index < -0.39 is 0 Å². The Kier molecular flexibility index (Phi) is 4.76. The Morgan fingerprint density at radius 2 is 2.11 bits per heavy atom. The minimum Gasteiger partial charge on any atom is -0.351 e. The monoisotopic (exact) mass is 246 g/mol. The number of hydrogen-bond donors (Lipinski definition) is 1. The van der Waals surface area contributed by atoms with Gasteiger partial charge in [0.05, 0.1) is 0 Å². The summed E-state index contributed by atoms with van der Waals surface area (Å²) in [6, 6.07) is 7.87. The van der Waals surface area contributed by atoms with Gasteiger partial charge in [0.1, 0.15) is 0 Å². The van der Waals surface area contributed by atoms with Crippen LogP contribution in [0.3, 0.4) is 0 Å². The van der Waals surface area contributed by atoms with E-state index in [1.54, 1.807) is 0 Å². The minimum absolute atomic E-state index is 0.0458. The van der Waals surface area contributed by atoms with E-state index in [4.69, 9.17) is 0 Å². The quantitative estimate of drug-likeness (QED) is 0.862. The Morgan fingerprint density at radius 1 is 1.33 bits per heavy atom. The van der Waals surface area contributed by atoms with Gasteiger partial charge in [-0.15, -0.1) is 0 Å². The fourth-order valence-corrected chi connectivity index (χ4v) is 2.37. The average Bonchev–Trinajstić information content (AvgIpc) is 2.92. The van der Waals surface area contributed by atoms with Crippen LogP contribution in [0.5, 0.6) is 0 Å². The normalized spacial score (nSPS) is 15.8. The van der Waals surface area contributed by atoms with Gasteiger partial charge < -0.3 is 10.2 Å². The molecule has 1 saturated heterocycles. The number of nitrogens with zero attached hydrogens (tertiary/aromatic N) is 1. The second kappa shape index (κ2) is 6.55. The highest BCUT2D eigenvalue weighted by atomic mass is 16.1. The van der Waals surface area contributed by atoms with Gasteiger partial charge in [-0.25, -0.2) is 0 Å². The Hall–Kier alpha value is -1.35. The van der Waals surface area contributed by atoms with Crippen molar-refractivity contribution in [1.29, 1.82) is 0 Å². The fourth-order valence-electron chi connectivity index (χ4n) is 2.37. The number of aryl methyl sites for hydroxylation is 1. The third-order valence-electron chi connectivity index (χ3n) is 3.51. The highest BCUT2D eigenvalue weighted by molar-refractivity contribution is 5.94. The highest BCUT2D eigenvalue weighted by Crippen LogP contribution is 2.07. The van der Waals surface area contributed by atoms with E-state index in [1.165, 1.54) is 31.5 Å². The largest absolute Gasteiger partial charge is 0.351 e. The Morgan fingerprint density at radius 3 is 2.83 bits per heavy atom. The number of carbonyl (C=O) groups is 1. The van der Waals surface area contributed by atoms with E-state index in [1.807, 2.05) is 18.2 Å². The third-order valence-corrected chi connectivity index (χ3v) is 3.51. The predicted molar refractivity (Wildman–Crippen MR) is 73.8 cm³/mol. The van der Waals surface area contributed by atoms with Crippen molar-refractivity contribution in [2.75, 3.05) is 26.2 Å². The molecule has 1 aliphatic rings. The molecule has 0 saturated carbocycles. The van der Waals surface area contributed by atoms with Gasteiger partial charge in [0.15, 0.2) is 0 Å². The Labute approximate surface area is 109 Å². The topological polar surface area (TPSA) is 32.3 Å². The van der Waals surface area contributed by atoms with E-state index >= 15 is 0 Å². The van der Waals surface area contributed by atoms with Gasteiger partial charge in [0.2, 0.25) is 0 Å². The lowest BCUT2D eigenvalue weighted by molar-refractivity contribution is 0.0949. The first-order valence-electron chi connectivity index (χ1n) is 6.89. The Balaban J connectivity index is 1.79. The lowest BCUT2D eigenvalue weighted by atomic mass is 10.1. The van der Waals surface area contributed by atoms with Gasteiger partial charge in [0.25, 0.3) is 5.91 Å². The first-order chi connectivity index (χ1) is 8.79. The molecule has 1 amide bonds. The van der Waals surface area contributed by atoms with Crippen LogP contribution in [0, 0.1) is 0 Å². The molecule has 2 rings (SSSR count). The summed E-state index contributed by atoms with van der Waals surface area (Å²) in [5.74, 6) is 0.0458. The van der Waals surface area contributed by atoms with Gasteiger partial charge in [-0.1, -0.05) is 19.1 Å².